The van der Waals surface area contributed by atoms with Gasteiger partial charge in [0, 0.05) is 5.69 Å². The van der Waals surface area contributed by atoms with Gasteiger partial charge in [0.15, 0.2) is 11.7 Å². The SMILES string of the molecule is CCOc1ccc(NC(=S)NNC(=O)COc2ccc(C(C)C)c(C)c2)cc1. The van der Waals surface area contributed by atoms with E-state index < -0.39 is 0 Å². The number of thiocarbonyl (C=S) groups is 1. The third-order valence-electron chi connectivity index (χ3n) is 3.97. The molecule has 0 bridgehead atoms. The molecule has 7 heteroatoms. The van der Waals surface area contributed by atoms with Gasteiger partial charge >= 0.3 is 0 Å². The van der Waals surface area contributed by atoms with Gasteiger partial charge in [0.25, 0.3) is 5.91 Å². The molecule has 0 aliphatic heterocycles. The fraction of sp³-hybridized carbons (Fsp3) is 0.333. The van der Waals surface area contributed by atoms with Crippen molar-refractivity contribution in [3.05, 3.63) is 53.6 Å². The highest BCUT2D eigenvalue weighted by Gasteiger charge is 2.07. The summed E-state index contributed by atoms with van der Waals surface area (Å²) in [6.07, 6.45) is 0. The molecule has 2 aromatic carbocycles. The number of hydrogen-bond donors (Lipinski definition) is 3. The molecule has 0 aliphatic rings. The third-order valence-corrected chi connectivity index (χ3v) is 4.18. The Hall–Kier alpha value is -2.80. The van der Waals surface area contributed by atoms with Crippen LogP contribution in [0, 0.1) is 6.92 Å². The second-order valence-electron chi connectivity index (χ2n) is 6.55. The molecule has 0 fully saturated rings. The fourth-order valence-electron chi connectivity index (χ4n) is 2.66. The second-order valence-corrected chi connectivity index (χ2v) is 6.95. The van der Waals surface area contributed by atoms with E-state index in [1.807, 2.05) is 56.3 Å². The average Bonchev–Trinajstić information content (AvgIpc) is 2.66. The molecule has 2 rings (SSSR count). The van der Waals surface area contributed by atoms with Gasteiger partial charge in [-0.05, 0) is 79.5 Å². The number of ether oxygens (including phenoxy) is 2. The maximum atomic E-state index is 11.9. The lowest BCUT2D eigenvalue weighted by Gasteiger charge is -2.14. The molecule has 150 valence electrons. The molecule has 0 saturated heterocycles. The van der Waals surface area contributed by atoms with Crippen molar-refractivity contribution >= 4 is 28.9 Å². The minimum atomic E-state index is -0.332. The van der Waals surface area contributed by atoms with E-state index in [2.05, 4.69) is 30.0 Å². The summed E-state index contributed by atoms with van der Waals surface area (Å²) in [5.74, 6) is 1.56. The van der Waals surface area contributed by atoms with E-state index in [4.69, 9.17) is 21.7 Å². The Morgan fingerprint density at radius 2 is 1.71 bits per heavy atom. The first-order chi connectivity index (χ1) is 13.4. The molecule has 6 nitrogen and oxygen atoms in total. The number of carbonyl (C=O) groups excluding carboxylic acids is 1. The number of amides is 1. The van der Waals surface area contributed by atoms with E-state index in [1.165, 1.54) is 5.56 Å². The van der Waals surface area contributed by atoms with Crippen LogP contribution >= 0.6 is 12.2 Å². The van der Waals surface area contributed by atoms with Gasteiger partial charge in [0.05, 0.1) is 6.61 Å². The molecule has 1 amide bonds. The van der Waals surface area contributed by atoms with Crippen LogP contribution in [0.15, 0.2) is 42.5 Å². The van der Waals surface area contributed by atoms with Crippen LogP contribution < -0.4 is 25.6 Å². The topological polar surface area (TPSA) is 71.6 Å². The van der Waals surface area contributed by atoms with E-state index in [-0.39, 0.29) is 17.6 Å². The Balaban J connectivity index is 1.74. The summed E-state index contributed by atoms with van der Waals surface area (Å²) in [6.45, 7) is 8.76. The van der Waals surface area contributed by atoms with Gasteiger partial charge in [-0.1, -0.05) is 19.9 Å². The summed E-state index contributed by atoms with van der Waals surface area (Å²) in [7, 11) is 0. The highest BCUT2D eigenvalue weighted by atomic mass is 32.1. The number of carbonyl (C=O) groups is 1. The Bertz CT molecular complexity index is 807. The van der Waals surface area contributed by atoms with Crippen molar-refractivity contribution < 1.29 is 14.3 Å². The molecule has 0 spiro atoms. The van der Waals surface area contributed by atoms with Gasteiger partial charge in [-0.2, -0.15) is 0 Å². The number of nitrogens with one attached hydrogen (secondary N) is 3. The summed E-state index contributed by atoms with van der Waals surface area (Å²) in [5, 5.41) is 3.25. The Labute approximate surface area is 171 Å². The van der Waals surface area contributed by atoms with Gasteiger partial charge in [0.1, 0.15) is 11.5 Å². The summed E-state index contributed by atoms with van der Waals surface area (Å²) in [4.78, 5) is 11.9. The van der Waals surface area contributed by atoms with E-state index in [0.29, 0.717) is 18.3 Å². The van der Waals surface area contributed by atoms with Crippen LogP contribution in [0.25, 0.3) is 0 Å². The predicted octanol–water partition coefficient (Wildman–Crippen LogP) is 3.91. The number of rotatable bonds is 7. The van der Waals surface area contributed by atoms with E-state index in [0.717, 1.165) is 17.0 Å². The molecule has 0 heterocycles. The van der Waals surface area contributed by atoms with E-state index in [9.17, 15) is 4.79 Å². The number of anilines is 1. The van der Waals surface area contributed by atoms with Crippen molar-refractivity contribution in [1.29, 1.82) is 0 Å². The average molecular weight is 402 g/mol. The van der Waals surface area contributed by atoms with E-state index in [1.54, 1.807) is 0 Å². The maximum Gasteiger partial charge on any atom is 0.276 e. The number of hydrazine groups is 1. The second kappa shape index (κ2) is 10.5. The molecule has 2 aromatic rings. The van der Waals surface area contributed by atoms with Crippen molar-refractivity contribution in [2.24, 2.45) is 0 Å². The van der Waals surface area contributed by atoms with Crippen LogP contribution in [0.4, 0.5) is 5.69 Å². The van der Waals surface area contributed by atoms with E-state index >= 15 is 0 Å². The van der Waals surface area contributed by atoms with Crippen LogP contribution in [0.1, 0.15) is 37.8 Å². The molecule has 0 aliphatic carbocycles. The quantitative estimate of drug-likeness (QED) is 0.483. The molecular weight excluding hydrogens is 374 g/mol. The monoisotopic (exact) mass is 401 g/mol. The molecule has 28 heavy (non-hydrogen) atoms. The zero-order valence-electron chi connectivity index (χ0n) is 16.7. The summed E-state index contributed by atoms with van der Waals surface area (Å²) < 4.78 is 10.9. The van der Waals surface area contributed by atoms with Crippen molar-refractivity contribution in [2.45, 2.75) is 33.6 Å². The van der Waals surface area contributed by atoms with Crippen LogP contribution in [-0.4, -0.2) is 24.2 Å². The van der Waals surface area contributed by atoms with Gasteiger partial charge in [-0.3, -0.25) is 15.6 Å². The van der Waals surface area contributed by atoms with Crippen LogP contribution in [0.5, 0.6) is 11.5 Å². The lowest BCUT2D eigenvalue weighted by atomic mass is 9.98. The van der Waals surface area contributed by atoms with Gasteiger partial charge < -0.3 is 14.8 Å². The minimum Gasteiger partial charge on any atom is -0.494 e. The zero-order chi connectivity index (χ0) is 20.5. The van der Waals surface area contributed by atoms with Crippen LogP contribution in [-0.2, 0) is 4.79 Å². The standard InChI is InChI=1S/C21H27N3O3S/c1-5-26-17-8-6-16(7-9-17)22-21(28)24-23-20(25)13-27-18-10-11-19(14(2)3)15(4)12-18/h6-12,14H,5,13H2,1-4H3,(H,23,25)(H2,22,24,28). The highest BCUT2D eigenvalue weighted by Crippen LogP contribution is 2.23. The van der Waals surface area contributed by atoms with Crippen LogP contribution in [0.3, 0.4) is 0 Å². The normalized spacial score (nSPS) is 10.3. The lowest BCUT2D eigenvalue weighted by molar-refractivity contribution is -0.123. The van der Waals surface area contributed by atoms with Gasteiger partial charge in [-0.25, -0.2) is 0 Å². The fourth-order valence-corrected chi connectivity index (χ4v) is 2.83. The lowest BCUT2D eigenvalue weighted by Crippen LogP contribution is -2.45. The third kappa shape index (κ3) is 6.74. The summed E-state index contributed by atoms with van der Waals surface area (Å²) >= 11 is 5.16. The molecule has 0 unspecified atom stereocenters. The van der Waals surface area contributed by atoms with Gasteiger partial charge in [-0.15, -0.1) is 0 Å². The van der Waals surface area contributed by atoms with Crippen molar-refractivity contribution in [2.75, 3.05) is 18.5 Å². The Kier molecular flexibility index (Phi) is 8.07. The molecule has 0 saturated carbocycles. The van der Waals surface area contributed by atoms with Crippen molar-refractivity contribution in [1.82, 2.24) is 10.9 Å². The van der Waals surface area contributed by atoms with Crippen molar-refractivity contribution in [3.8, 4) is 11.5 Å². The van der Waals surface area contributed by atoms with Gasteiger partial charge in [0.2, 0.25) is 0 Å². The summed E-state index contributed by atoms with van der Waals surface area (Å²) in [6, 6.07) is 13.2. The first kappa shape index (κ1) is 21.5. The number of benzene rings is 2. The number of hydrogen-bond acceptors (Lipinski definition) is 4. The smallest absolute Gasteiger partial charge is 0.276 e. The first-order valence-electron chi connectivity index (χ1n) is 9.21. The summed E-state index contributed by atoms with van der Waals surface area (Å²) in [5.41, 5.74) is 8.36. The minimum absolute atomic E-state index is 0.112. The van der Waals surface area contributed by atoms with Crippen LogP contribution in [0.2, 0.25) is 0 Å². The first-order valence-corrected chi connectivity index (χ1v) is 9.62. The predicted molar refractivity (Wildman–Crippen MR) is 116 cm³/mol. The van der Waals surface area contributed by atoms with Crippen molar-refractivity contribution in [3.63, 3.8) is 0 Å². The molecule has 0 radical (unpaired) electrons. The Morgan fingerprint density at radius 1 is 1.04 bits per heavy atom. The maximum absolute atomic E-state index is 11.9. The largest absolute Gasteiger partial charge is 0.494 e. The Morgan fingerprint density at radius 3 is 2.32 bits per heavy atom. The number of aryl methyl sites for hydroxylation is 1. The molecule has 0 aromatic heterocycles. The zero-order valence-corrected chi connectivity index (χ0v) is 17.5. The molecule has 3 N–H and O–H groups in total. The highest BCUT2D eigenvalue weighted by molar-refractivity contribution is 7.80. The molecule has 0 atom stereocenters. The molecular formula is C21H27N3O3S.